The van der Waals surface area contributed by atoms with Crippen molar-refractivity contribution in [2.75, 3.05) is 54.3 Å². The van der Waals surface area contributed by atoms with Crippen LogP contribution in [0.2, 0.25) is 0 Å². The molecule has 10 heteroatoms. The molecular weight excluding hydrogens is 554 g/mol. The van der Waals surface area contributed by atoms with Crippen molar-refractivity contribution in [3.8, 4) is 34.5 Å². The van der Waals surface area contributed by atoms with Gasteiger partial charge in [-0.05, 0) is 86.8 Å². The first-order valence-corrected chi connectivity index (χ1v) is 14.3. The van der Waals surface area contributed by atoms with E-state index in [-0.39, 0.29) is 12.5 Å². The minimum Gasteiger partial charge on any atom is -0.493 e. The molecule has 1 atom stereocenters. The van der Waals surface area contributed by atoms with Crippen molar-refractivity contribution in [1.29, 1.82) is 0 Å². The van der Waals surface area contributed by atoms with Crippen molar-refractivity contribution in [2.24, 2.45) is 0 Å². The van der Waals surface area contributed by atoms with Crippen molar-refractivity contribution >= 4 is 11.9 Å². The highest BCUT2D eigenvalue weighted by molar-refractivity contribution is 5.96. The minimum absolute atomic E-state index is 0.152. The molecule has 4 rings (SSSR count). The average Bonchev–Trinajstić information content (AvgIpc) is 3.03. The summed E-state index contributed by atoms with van der Waals surface area (Å²) >= 11 is 0. The van der Waals surface area contributed by atoms with E-state index < -0.39 is 12.0 Å². The van der Waals surface area contributed by atoms with Gasteiger partial charge in [0.25, 0.3) is 5.91 Å². The molecule has 0 spiro atoms. The van der Waals surface area contributed by atoms with Gasteiger partial charge in [-0.15, -0.1) is 0 Å². The fourth-order valence-corrected chi connectivity index (χ4v) is 5.11. The summed E-state index contributed by atoms with van der Waals surface area (Å²) < 4.78 is 39.7. The Kier molecular flexibility index (Phi) is 10.6. The third-order valence-corrected chi connectivity index (χ3v) is 7.10. The molecule has 230 valence electrons. The van der Waals surface area contributed by atoms with E-state index in [1.54, 1.807) is 55.5 Å². The zero-order valence-corrected chi connectivity index (χ0v) is 25.6. The number of nitrogens with zero attached hydrogens (tertiary/aromatic N) is 1. The second-order valence-electron chi connectivity index (χ2n) is 9.60. The number of rotatable bonds is 13. The van der Waals surface area contributed by atoms with Crippen molar-refractivity contribution in [1.82, 2.24) is 4.90 Å². The molecule has 10 nitrogen and oxygen atoms in total. The van der Waals surface area contributed by atoms with Crippen LogP contribution in [0.3, 0.4) is 0 Å². The van der Waals surface area contributed by atoms with E-state index >= 15 is 0 Å². The topological polar surface area (TPSA) is 102 Å². The predicted octanol–water partition coefficient (Wildman–Crippen LogP) is 5.51. The molecule has 0 fully saturated rings. The summed E-state index contributed by atoms with van der Waals surface area (Å²) in [6.07, 6.45) is 0.611. The summed E-state index contributed by atoms with van der Waals surface area (Å²) in [6, 6.07) is 13.5. The fraction of sp³-hybridized carbons (Fsp3) is 0.394. The molecule has 3 aromatic rings. The van der Waals surface area contributed by atoms with Gasteiger partial charge in [0, 0.05) is 12.1 Å². The first kappa shape index (κ1) is 31.3. The average molecular weight is 594 g/mol. The summed E-state index contributed by atoms with van der Waals surface area (Å²) in [5.41, 5.74) is 2.75. The lowest BCUT2D eigenvalue weighted by Crippen LogP contribution is -2.42. The molecule has 0 aliphatic carbocycles. The van der Waals surface area contributed by atoms with Crippen LogP contribution < -0.4 is 28.4 Å². The van der Waals surface area contributed by atoms with Crippen LogP contribution in [0.15, 0.2) is 48.5 Å². The van der Waals surface area contributed by atoms with Gasteiger partial charge in [-0.3, -0.25) is 4.79 Å². The molecule has 0 bridgehead atoms. The van der Waals surface area contributed by atoms with Crippen LogP contribution in [0.5, 0.6) is 34.5 Å². The van der Waals surface area contributed by atoms with Gasteiger partial charge in [0.05, 0.1) is 52.8 Å². The maximum atomic E-state index is 14.3. The van der Waals surface area contributed by atoms with Crippen molar-refractivity contribution < 1.29 is 42.7 Å². The van der Waals surface area contributed by atoms with Crippen LogP contribution in [0.1, 0.15) is 58.7 Å². The van der Waals surface area contributed by atoms with E-state index in [1.807, 2.05) is 32.9 Å². The maximum absolute atomic E-state index is 14.3. The van der Waals surface area contributed by atoms with Crippen molar-refractivity contribution in [3.63, 3.8) is 0 Å². The molecule has 1 amide bonds. The lowest BCUT2D eigenvalue weighted by molar-refractivity contribution is 0.0582. The van der Waals surface area contributed by atoms with E-state index in [9.17, 15) is 9.59 Å². The number of fused-ring (bicyclic) bond motifs is 1. The quantitative estimate of drug-likeness (QED) is 0.238. The first-order valence-electron chi connectivity index (χ1n) is 14.3. The Morgan fingerprint density at radius 3 is 1.91 bits per heavy atom. The number of ether oxygens (including phenoxy) is 7. The molecule has 1 heterocycles. The Labute approximate surface area is 252 Å². The number of methoxy groups -OCH3 is 3. The fourth-order valence-electron chi connectivity index (χ4n) is 5.11. The zero-order chi connectivity index (χ0) is 30.9. The van der Waals surface area contributed by atoms with E-state index in [0.717, 1.165) is 11.1 Å². The van der Waals surface area contributed by atoms with Gasteiger partial charge in [0.2, 0.25) is 5.75 Å². The van der Waals surface area contributed by atoms with E-state index in [0.29, 0.717) is 78.4 Å². The number of hydrogen-bond acceptors (Lipinski definition) is 9. The first-order chi connectivity index (χ1) is 20.9. The molecule has 1 aliphatic heterocycles. The summed E-state index contributed by atoms with van der Waals surface area (Å²) in [5, 5.41) is 0. The third kappa shape index (κ3) is 6.90. The highest BCUT2D eigenvalue weighted by atomic mass is 16.5. The monoisotopic (exact) mass is 593 g/mol. The summed E-state index contributed by atoms with van der Waals surface area (Å²) in [6.45, 7) is 7.43. The predicted molar refractivity (Wildman–Crippen MR) is 160 cm³/mol. The van der Waals surface area contributed by atoms with Gasteiger partial charge in [0.1, 0.15) is 12.4 Å². The van der Waals surface area contributed by atoms with Crippen LogP contribution in [0, 0.1) is 0 Å². The Morgan fingerprint density at radius 2 is 1.35 bits per heavy atom. The molecule has 43 heavy (non-hydrogen) atoms. The Hall–Kier alpha value is -4.60. The number of amides is 1. The summed E-state index contributed by atoms with van der Waals surface area (Å²) in [5.74, 6) is 2.44. The van der Waals surface area contributed by atoms with E-state index in [1.165, 1.54) is 7.11 Å². The maximum Gasteiger partial charge on any atom is 0.337 e. The third-order valence-electron chi connectivity index (χ3n) is 7.10. The minimum atomic E-state index is -0.464. The number of carbonyl (C=O) groups excluding carboxylic acids is 2. The van der Waals surface area contributed by atoms with Gasteiger partial charge in [-0.25, -0.2) is 4.79 Å². The van der Waals surface area contributed by atoms with E-state index in [4.69, 9.17) is 33.2 Å². The Morgan fingerprint density at radius 1 is 0.744 bits per heavy atom. The highest BCUT2D eigenvalue weighted by Gasteiger charge is 2.34. The Balaban J connectivity index is 1.73. The smallest absolute Gasteiger partial charge is 0.337 e. The molecule has 3 aromatic carbocycles. The summed E-state index contributed by atoms with van der Waals surface area (Å²) in [7, 11) is 4.51. The SMILES string of the molecule is CCOc1cc(C(=O)N2CCc3cc(OC)c(OC)cc3[C@H]2COc2ccc(C(=O)OC)cc2)cc(OCC)c1OCC. The summed E-state index contributed by atoms with van der Waals surface area (Å²) in [4.78, 5) is 27.9. The number of hydrogen-bond donors (Lipinski definition) is 0. The van der Waals surface area contributed by atoms with Crippen LogP contribution in [0.25, 0.3) is 0 Å². The molecule has 0 aromatic heterocycles. The molecule has 0 N–H and O–H groups in total. The van der Waals surface area contributed by atoms with Gasteiger partial charge >= 0.3 is 5.97 Å². The lowest BCUT2D eigenvalue weighted by atomic mass is 9.91. The van der Waals surface area contributed by atoms with Crippen molar-refractivity contribution in [3.05, 3.63) is 70.8 Å². The molecule has 0 radical (unpaired) electrons. The largest absolute Gasteiger partial charge is 0.493 e. The van der Waals surface area contributed by atoms with Crippen molar-refractivity contribution in [2.45, 2.75) is 33.2 Å². The van der Waals surface area contributed by atoms with Gasteiger partial charge in [0.15, 0.2) is 23.0 Å². The van der Waals surface area contributed by atoms with Gasteiger partial charge in [-0.1, -0.05) is 0 Å². The second-order valence-corrected chi connectivity index (χ2v) is 9.60. The molecule has 0 saturated heterocycles. The zero-order valence-electron chi connectivity index (χ0n) is 25.6. The standard InChI is InChI=1S/C33H39NO9/c1-7-40-29-17-23(18-30(41-8-2)31(29)42-9-3)32(35)34-15-14-22-16-27(37-4)28(38-5)19-25(22)26(34)20-43-24-12-10-21(11-13-24)33(36)39-6/h10-13,16-19,26H,7-9,14-15,20H2,1-6H3/t26-/m1/s1. The molecule has 0 unspecified atom stereocenters. The van der Waals surface area contributed by atoms with Crippen LogP contribution >= 0.6 is 0 Å². The van der Waals surface area contributed by atoms with Crippen LogP contribution in [-0.4, -0.2) is 71.1 Å². The van der Waals surface area contributed by atoms with E-state index in [2.05, 4.69) is 0 Å². The number of esters is 1. The number of carbonyl (C=O) groups is 2. The highest BCUT2D eigenvalue weighted by Crippen LogP contribution is 2.42. The van der Waals surface area contributed by atoms with Gasteiger partial charge < -0.3 is 38.1 Å². The second kappa shape index (κ2) is 14.5. The molecular formula is C33H39NO9. The Bertz CT molecular complexity index is 1390. The number of benzene rings is 3. The van der Waals surface area contributed by atoms with Gasteiger partial charge in [-0.2, -0.15) is 0 Å². The lowest BCUT2D eigenvalue weighted by Gasteiger charge is -2.38. The van der Waals surface area contributed by atoms with Crippen LogP contribution in [0.4, 0.5) is 0 Å². The normalized spacial score (nSPS) is 13.9. The van der Waals surface area contributed by atoms with Crippen LogP contribution in [-0.2, 0) is 11.2 Å². The molecule has 1 aliphatic rings. The molecule has 0 saturated carbocycles.